The second-order valence-electron chi connectivity index (χ2n) is 4.87. The standard InChI is InChI=1S/C17H11ClN4O/c18-10-4-3-5-11(8-10)21-17(23)14(9-19)15-12-6-1-2-7-13(12)16(20)22-15/h1-8H,(H2,20,22)(H,21,23). The van der Waals surface area contributed by atoms with Gasteiger partial charge in [0.05, 0.1) is 5.70 Å². The molecule has 0 unspecified atom stereocenters. The predicted molar refractivity (Wildman–Crippen MR) is 89.0 cm³/mol. The first-order valence-electron chi connectivity index (χ1n) is 6.77. The molecule has 2 aromatic rings. The molecule has 3 N–H and O–H groups in total. The normalized spacial score (nSPS) is 14.5. The van der Waals surface area contributed by atoms with E-state index in [1.807, 2.05) is 6.07 Å². The Morgan fingerprint density at radius 3 is 2.61 bits per heavy atom. The first kappa shape index (κ1) is 14.8. The van der Waals surface area contributed by atoms with E-state index in [1.54, 1.807) is 48.5 Å². The molecule has 0 radical (unpaired) electrons. The first-order chi connectivity index (χ1) is 11.1. The summed E-state index contributed by atoms with van der Waals surface area (Å²) in [6.45, 7) is 0. The fourth-order valence-electron chi connectivity index (χ4n) is 2.36. The molecule has 0 bridgehead atoms. The number of amides is 1. The SMILES string of the molecule is N#CC(C(=O)Nc1cccc(Cl)c1)=C1NC(=N)c2ccccc21. The van der Waals surface area contributed by atoms with Gasteiger partial charge in [0.15, 0.2) is 0 Å². The van der Waals surface area contributed by atoms with E-state index < -0.39 is 5.91 Å². The Balaban J connectivity index is 1.99. The highest BCUT2D eigenvalue weighted by atomic mass is 35.5. The van der Waals surface area contributed by atoms with Gasteiger partial charge in [-0.3, -0.25) is 10.2 Å². The number of nitrogens with one attached hydrogen (secondary N) is 3. The van der Waals surface area contributed by atoms with Crippen LogP contribution in [-0.2, 0) is 4.79 Å². The van der Waals surface area contributed by atoms with Gasteiger partial charge in [-0.15, -0.1) is 0 Å². The maximum absolute atomic E-state index is 12.4. The van der Waals surface area contributed by atoms with E-state index in [2.05, 4.69) is 10.6 Å². The number of nitriles is 1. The molecule has 6 heteroatoms. The number of nitrogens with zero attached hydrogens (tertiary/aromatic N) is 1. The van der Waals surface area contributed by atoms with E-state index in [-0.39, 0.29) is 11.4 Å². The molecule has 0 saturated carbocycles. The molecule has 0 fully saturated rings. The first-order valence-corrected chi connectivity index (χ1v) is 7.14. The minimum Gasteiger partial charge on any atom is -0.338 e. The molecule has 1 aliphatic heterocycles. The maximum Gasteiger partial charge on any atom is 0.268 e. The van der Waals surface area contributed by atoms with Gasteiger partial charge in [-0.05, 0) is 18.2 Å². The molecule has 0 aromatic heterocycles. The highest BCUT2D eigenvalue weighted by Gasteiger charge is 2.26. The lowest BCUT2D eigenvalue weighted by atomic mass is 10.0. The highest BCUT2D eigenvalue weighted by Crippen LogP contribution is 2.27. The summed E-state index contributed by atoms with van der Waals surface area (Å²) in [7, 11) is 0. The predicted octanol–water partition coefficient (Wildman–Crippen LogP) is 3.14. The molecular formula is C17H11ClN4O. The van der Waals surface area contributed by atoms with Crippen LogP contribution < -0.4 is 10.6 Å². The Morgan fingerprint density at radius 2 is 1.91 bits per heavy atom. The van der Waals surface area contributed by atoms with Gasteiger partial charge in [0.25, 0.3) is 5.91 Å². The largest absolute Gasteiger partial charge is 0.338 e. The molecule has 112 valence electrons. The third-order valence-electron chi connectivity index (χ3n) is 3.39. The second-order valence-corrected chi connectivity index (χ2v) is 5.31. The maximum atomic E-state index is 12.4. The van der Waals surface area contributed by atoms with Crippen molar-refractivity contribution in [2.24, 2.45) is 0 Å². The fourth-order valence-corrected chi connectivity index (χ4v) is 2.55. The number of carbonyl (C=O) groups is 1. The van der Waals surface area contributed by atoms with Crippen LogP contribution in [0.1, 0.15) is 11.1 Å². The number of hydrogen-bond acceptors (Lipinski definition) is 3. The van der Waals surface area contributed by atoms with Crippen LogP contribution in [0.2, 0.25) is 5.02 Å². The van der Waals surface area contributed by atoms with Gasteiger partial charge in [-0.2, -0.15) is 5.26 Å². The van der Waals surface area contributed by atoms with Crippen molar-refractivity contribution in [1.29, 1.82) is 10.7 Å². The molecule has 0 atom stereocenters. The quantitative estimate of drug-likeness (QED) is 0.586. The van der Waals surface area contributed by atoms with Crippen LogP contribution in [0.4, 0.5) is 5.69 Å². The Hall–Kier alpha value is -3.10. The van der Waals surface area contributed by atoms with Crippen molar-refractivity contribution in [3.63, 3.8) is 0 Å². The molecule has 23 heavy (non-hydrogen) atoms. The lowest BCUT2D eigenvalue weighted by Crippen LogP contribution is -2.20. The summed E-state index contributed by atoms with van der Waals surface area (Å²) in [5.74, 6) is -0.388. The van der Waals surface area contributed by atoms with Crippen molar-refractivity contribution in [2.45, 2.75) is 0 Å². The third-order valence-corrected chi connectivity index (χ3v) is 3.62. The summed E-state index contributed by atoms with van der Waals surface area (Å²) in [5, 5.41) is 23.2. The molecule has 0 saturated heterocycles. The van der Waals surface area contributed by atoms with Crippen LogP contribution >= 0.6 is 11.6 Å². The average Bonchev–Trinajstić information content (AvgIpc) is 2.86. The van der Waals surface area contributed by atoms with Crippen molar-refractivity contribution in [2.75, 3.05) is 5.32 Å². The van der Waals surface area contributed by atoms with Crippen molar-refractivity contribution in [3.05, 3.63) is 70.3 Å². The van der Waals surface area contributed by atoms with Gasteiger partial charge >= 0.3 is 0 Å². The molecule has 0 spiro atoms. The zero-order valence-corrected chi connectivity index (χ0v) is 12.6. The molecule has 2 aromatic carbocycles. The zero-order valence-electron chi connectivity index (χ0n) is 11.9. The van der Waals surface area contributed by atoms with E-state index in [1.165, 1.54) is 0 Å². The Kier molecular flexibility index (Phi) is 3.83. The summed E-state index contributed by atoms with van der Waals surface area (Å²) in [4.78, 5) is 12.4. The van der Waals surface area contributed by atoms with Crippen molar-refractivity contribution < 1.29 is 4.79 Å². The molecule has 1 heterocycles. The lowest BCUT2D eigenvalue weighted by molar-refractivity contribution is -0.112. The van der Waals surface area contributed by atoms with Gasteiger partial charge < -0.3 is 10.6 Å². The van der Waals surface area contributed by atoms with E-state index >= 15 is 0 Å². The summed E-state index contributed by atoms with van der Waals surface area (Å²) in [6, 6.07) is 15.7. The number of amidine groups is 1. The summed E-state index contributed by atoms with van der Waals surface area (Å²) in [6.07, 6.45) is 0. The Morgan fingerprint density at radius 1 is 1.17 bits per heavy atom. The Labute approximate surface area is 137 Å². The minimum absolute atomic E-state index is 0.0836. The van der Waals surface area contributed by atoms with Crippen LogP contribution in [0.3, 0.4) is 0 Å². The molecule has 3 rings (SSSR count). The average molecular weight is 323 g/mol. The van der Waals surface area contributed by atoms with Crippen LogP contribution in [0.15, 0.2) is 54.1 Å². The lowest BCUT2D eigenvalue weighted by Gasteiger charge is -2.07. The third kappa shape index (κ3) is 2.80. The molecule has 5 nitrogen and oxygen atoms in total. The van der Waals surface area contributed by atoms with E-state index in [0.29, 0.717) is 27.5 Å². The number of hydrogen-bond donors (Lipinski definition) is 3. The van der Waals surface area contributed by atoms with Gasteiger partial charge in [-0.1, -0.05) is 41.9 Å². The number of benzene rings is 2. The number of carbonyl (C=O) groups excluding carboxylic acids is 1. The van der Waals surface area contributed by atoms with E-state index in [0.717, 1.165) is 0 Å². The van der Waals surface area contributed by atoms with Crippen molar-refractivity contribution in [3.8, 4) is 6.07 Å². The summed E-state index contributed by atoms with van der Waals surface area (Å²) < 4.78 is 0. The molecular weight excluding hydrogens is 312 g/mol. The molecule has 1 aliphatic rings. The topological polar surface area (TPSA) is 88.8 Å². The zero-order chi connectivity index (χ0) is 16.4. The van der Waals surface area contributed by atoms with Crippen LogP contribution in [0, 0.1) is 16.7 Å². The monoisotopic (exact) mass is 322 g/mol. The minimum atomic E-state index is -0.554. The molecule has 0 aliphatic carbocycles. The van der Waals surface area contributed by atoms with Gasteiger partial charge in [0, 0.05) is 21.8 Å². The van der Waals surface area contributed by atoms with Crippen molar-refractivity contribution >= 4 is 34.7 Å². The van der Waals surface area contributed by atoms with E-state index in [4.69, 9.17) is 17.0 Å². The van der Waals surface area contributed by atoms with Crippen LogP contribution in [0.5, 0.6) is 0 Å². The van der Waals surface area contributed by atoms with Crippen molar-refractivity contribution in [1.82, 2.24) is 5.32 Å². The second kappa shape index (κ2) is 5.95. The fraction of sp³-hybridized carbons (Fsp3) is 0. The van der Waals surface area contributed by atoms with Crippen LogP contribution in [0.25, 0.3) is 5.70 Å². The smallest absolute Gasteiger partial charge is 0.268 e. The number of rotatable bonds is 2. The van der Waals surface area contributed by atoms with Crippen LogP contribution in [-0.4, -0.2) is 11.7 Å². The number of fused-ring (bicyclic) bond motifs is 1. The number of halogens is 1. The van der Waals surface area contributed by atoms with Gasteiger partial charge in [-0.25, -0.2) is 0 Å². The highest BCUT2D eigenvalue weighted by molar-refractivity contribution is 6.31. The van der Waals surface area contributed by atoms with Gasteiger partial charge in [0.2, 0.25) is 0 Å². The Bertz CT molecular complexity index is 895. The van der Waals surface area contributed by atoms with Gasteiger partial charge in [0.1, 0.15) is 17.5 Å². The number of anilines is 1. The summed E-state index contributed by atoms with van der Waals surface area (Å²) >= 11 is 5.89. The summed E-state index contributed by atoms with van der Waals surface area (Å²) in [5.41, 5.74) is 2.07. The van der Waals surface area contributed by atoms with E-state index in [9.17, 15) is 10.1 Å². The molecule has 1 amide bonds.